The first-order valence-electron chi connectivity index (χ1n) is 17.2. The van der Waals surface area contributed by atoms with Gasteiger partial charge in [0.1, 0.15) is 11.6 Å². The number of rotatable bonds is 12. The predicted molar refractivity (Wildman–Crippen MR) is 190 cm³/mol. The second-order valence-corrected chi connectivity index (χ2v) is 18.2. The molecule has 1 aliphatic heterocycles. The summed E-state index contributed by atoms with van der Waals surface area (Å²) in [6, 6.07) is 16.7. The molecule has 2 heterocycles. The molecule has 1 saturated carbocycles. The molecular weight excluding hydrogens is 612 g/mol. The van der Waals surface area contributed by atoms with Crippen molar-refractivity contribution in [2.75, 3.05) is 38.8 Å². The van der Waals surface area contributed by atoms with E-state index >= 15 is 0 Å². The highest BCUT2D eigenvalue weighted by atomic mass is 32.3. The van der Waals surface area contributed by atoms with Crippen LogP contribution >= 0.6 is 10.3 Å². The van der Waals surface area contributed by atoms with Gasteiger partial charge in [0, 0.05) is 17.8 Å². The number of ether oxygens (including phenoxy) is 1. The van der Waals surface area contributed by atoms with Crippen molar-refractivity contribution in [1.82, 2.24) is 20.5 Å². The van der Waals surface area contributed by atoms with Crippen molar-refractivity contribution in [3.05, 3.63) is 66.1 Å². The van der Waals surface area contributed by atoms with Crippen molar-refractivity contribution in [3.8, 4) is 0 Å². The van der Waals surface area contributed by atoms with Crippen LogP contribution in [-0.2, 0) is 20.1 Å². The lowest BCUT2D eigenvalue weighted by atomic mass is 9.84. The molecule has 47 heavy (non-hydrogen) atoms. The molecule has 1 aromatic heterocycles. The van der Waals surface area contributed by atoms with Crippen LogP contribution in [0.25, 0.3) is 11.1 Å². The fourth-order valence-electron chi connectivity index (χ4n) is 6.24. The quantitative estimate of drug-likeness (QED) is 0.213. The third kappa shape index (κ3) is 9.51. The van der Waals surface area contributed by atoms with Gasteiger partial charge in [-0.25, -0.2) is 9.78 Å². The van der Waals surface area contributed by atoms with E-state index in [1.54, 1.807) is 4.90 Å². The van der Waals surface area contributed by atoms with Gasteiger partial charge in [-0.05, 0) is 55.4 Å². The van der Waals surface area contributed by atoms with Crippen LogP contribution in [0.1, 0.15) is 83.3 Å². The minimum atomic E-state index is -1.66. The number of para-hydroxylation sites is 2. The lowest BCUT2D eigenvalue weighted by Crippen LogP contribution is -2.56. The Morgan fingerprint density at radius 3 is 2.34 bits per heavy atom. The van der Waals surface area contributed by atoms with Crippen LogP contribution < -0.4 is 10.6 Å². The molecule has 0 bridgehead atoms. The number of aromatic nitrogens is 1. The van der Waals surface area contributed by atoms with Crippen molar-refractivity contribution >= 4 is 33.3 Å². The third-order valence-electron chi connectivity index (χ3n) is 9.86. The predicted octanol–water partition coefficient (Wildman–Crippen LogP) is 7.16. The summed E-state index contributed by atoms with van der Waals surface area (Å²) in [7, 11) is -1.66. The first kappa shape index (κ1) is 35.2. The van der Waals surface area contributed by atoms with Crippen LogP contribution in [-0.4, -0.2) is 77.5 Å². The van der Waals surface area contributed by atoms with Gasteiger partial charge in [-0.3, -0.25) is 4.79 Å². The summed E-state index contributed by atoms with van der Waals surface area (Å²) in [4.78, 5) is 34.5. The van der Waals surface area contributed by atoms with Crippen LogP contribution in [0.3, 0.4) is 0 Å². The number of carbonyl (C=O) groups excluding carboxylic acids is 2. The summed E-state index contributed by atoms with van der Waals surface area (Å²) < 4.78 is 18.8. The number of morpholine rings is 1. The van der Waals surface area contributed by atoms with Crippen molar-refractivity contribution in [2.24, 2.45) is 5.92 Å². The van der Waals surface area contributed by atoms with Gasteiger partial charge in [-0.2, -0.15) is 0 Å². The number of hydrogen-bond acceptors (Lipinski definition) is 6. The number of fused-ring (bicyclic) bond motifs is 1. The Balaban J connectivity index is 1.47. The lowest BCUT2D eigenvalue weighted by Gasteiger charge is -2.46. The van der Waals surface area contributed by atoms with E-state index in [1.165, 1.54) is 12.0 Å². The molecule has 258 valence electrons. The molecule has 2 fully saturated rings. The Morgan fingerprint density at radius 1 is 0.979 bits per heavy atom. The molecule has 3 amide bonds. The van der Waals surface area contributed by atoms with E-state index in [0.717, 1.165) is 37.6 Å². The fraction of sp³-hybridized carbons (Fsp3) is 0.595. The molecule has 2 N–H and O–H groups in total. The maximum atomic E-state index is 14.5. The number of nitrogens with zero attached hydrogens (tertiary/aromatic N) is 2. The third-order valence-corrected chi connectivity index (χ3v) is 13.5. The van der Waals surface area contributed by atoms with Crippen molar-refractivity contribution < 1.29 is 22.9 Å². The SMILES string of the molecule is CC(C)(C)S(C)(C)OC(c1nc2ccccc2o1)[C@H](CCc1ccccc1)NC(=O)[C@H](CC1CCCCC1)NC(=O)N1CCOCC1. The van der Waals surface area contributed by atoms with Gasteiger partial charge in [0.2, 0.25) is 11.8 Å². The Bertz CT molecular complexity index is 1410. The Kier molecular flexibility index (Phi) is 11.9. The summed E-state index contributed by atoms with van der Waals surface area (Å²) in [6.45, 7) is 8.59. The molecule has 3 aromatic rings. The van der Waals surface area contributed by atoms with Crippen LogP contribution in [0.15, 0.2) is 59.0 Å². The topological polar surface area (TPSA) is 106 Å². The first-order chi connectivity index (χ1) is 22.5. The first-order valence-corrected chi connectivity index (χ1v) is 19.6. The van der Waals surface area contributed by atoms with Crippen molar-refractivity contribution in [1.29, 1.82) is 0 Å². The normalized spacial score (nSPS) is 18.8. The number of benzene rings is 2. The van der Waals surface area contributed by atoms with Crippen LogP contribution in [0.4, 0.5) is 4.79 Å². The molecule has 10 heteroatoms. The fourth-order valence-corrected chi connectivity index (χ4v) is 7.26. The van der Waals surface area contributed by atoms with Gasteiger partial charge in [0.15, 0.2) is 11.7 Å². The molecular formula is C37H54N4O5S. The molecule has 5 rings (SSSR count). The molecule has 0 radical (unpaired) electrons. The maximum Gasteiger partial charge on any atom is 0.318 e. The number of oxazole rings is 1. The van der Waals surface area contributed by atoms with Gasteiger partial charge >= 0.3 is 6.03 Å². The summed E-state index contributed by atoms with van der Waals surface area (Å²) >= 11 is 0. The zero-order valence-corrected chi connectivity index (χ0v) is 29.7. The van der Waals surface area contributed by atoms with E-state index in [0.29, 0.717) is 56.5 Å². The van der Waals surface area contributed by atoms with E-state index < -0.39 is 28.5 Å². The Labute approximate surface area is 282 Å². The van der Waals surface area contributed by atoms with Crippen molar-refractivity contribution in [2.45, 2.75) is 95.1 Å². The second-order valence-electron chi connectivity index (χ2n) is 14.4. The molecule has 1 unspecified atom stereocenters. The molecule has 1 saturated heterocycles. The van der Waals surface area contributed by atoms with Gasteiger partial charge in [-0.15, -0.1) is 10.3 Å². The second kappa shape index (κ2) is 15.9. The largest absolute Gasteiger partial charge is 0.438 e. The zero-order valence-electron chi connectivity index (χ0n) is 28.8. The molecule has 1 aliphatic carbocycles. The van der Waals surface area contributed by atoms with Crippen LogP contribution in [0.2, 0.25) is 0 Å². The van der Waals surface area contributed by atoms with E-state index in [9.17, 15) is 9.59 Å². The molecule has 2 aliphatic rings. The van der Waals surface area contributed by atoms with Crippen LogP contribution in [0, 0.1) is 5.92 Å². The standard InChI is InChI=1S/C37H54N4O5S/c1-37(2,3)47(4,5)46-33(35-39-29-18-12-13-19-32(29)45-35)30(21-20-27-14-8-6-9-15-27)38-34(42)31(26-28-16-10-7-11-17-28)40-36(43)41-22-24-44-25-23-41/h6,8-9,12-15,18-19,28,30-31,33H,7,10-11,16-17,20-26H2,1-5H3,(H,38,42)(H,40,43)/t30-,31-,33?/m0/s1. The number of hydrogen-bond donors (Lipinski definition) is 2. The maximum absolute atomic E-state index is 14.5. The molecule has 0 spiro atoms. The number of carbonyl (C=O) groups is 2. The number of urea groups is 1. The summed E-state index contributed by atoms with van der Waals surface area (Å²) in [6.07, 6.45) is 11.3. The number of amides is 3. The zero-order chi connectivity index (χ0) is 33.4. The van der Waals surface area contributed by atoms with E-state index in [-0.39, 0.29) is 16.7 Å². The average Bonchev–Trinajstić information content (AvgIpc) is 3.50. The van der Waals surface area contributed by atoms with E-state index in [1.807, 2.05) is 42.5 Å². The molecule has 9 nitrogen and oxygen atoms in total. The summed E-state index contributed by atoms with van der Waals surface area (Å²) in [5.41, 5.74) is 2.60. The Hall–Kier alpha value is -3.08. The minimum absolute atomic E-state index is 0.138. The van der Waals surface area contributed by atoms with Gasteiger partial charge in [0.25, 0.3) is 0 Å². The minimum Gasteiger partial charge on any atom is -0.438 e. The van der Waals surface area contributed by atoms with E-state index in [2.05, 4.69) is 56.0 Å². The average molecular weight is 667 g/mol. The smallest absolute Gasteiger partial charge is 0.318 e. The van der Waals surface area contributed by atoms with Gasteiger partial charge < -0.3 is 28.9 Å². The van der Waals surface area contributed by atoms with Gasteiger partial charge in [-0.1, -0.05) is 95.3 Å². The summed E-state index contributed by atoms with van der Waals surface area (Å²) in [5.74, 6) is 0.653. The highest BCUT2D eigenvalue weighted by Crippen LogP contribution is 2.57. The Morgan fingerprint density at radius 2 is 1.66 bits per heavy atom. The van der Waals surface area contributed by atoms with Crippen molar-refractivity contribution in [3.63, 3.8) is 0 Å². The van der Waals surface area contributed by atoms with Gasteiger partial charge in [0.05, 0.1) is 19.3 Å². The van der Waals surface area contributed by atoms with Crippen LogP contribution in [0.5, 0.6) is 0 Å². The highest BCUT2D eigenvalue weighted by molar-refractivity contribution is 8.29. The number of aryl methyl sites for hydroxylation is 1. The molecule has 2 aromatic carbocycles. The lowest BCUT2D eigenvalue weighted by molar-refractivity contribution is -0.125. The summed E-state index contributed by atoms with van der Waals surface area (Å²) in [5, 5.41) is 6.52. The monoisotopic (exact) mass is 666 g/mol. The number of nitrogens with one attached hydrogen (secondary N) is 2. The molecule has 3 atom stereocenters. The highest BCUT2D eigenvalue weighted by Gasteiger charge is 2.39. The van der Waals surface area contributed by atoms with E-state index in [4.69, 9.17) is 18.3 Å².